The van der Waals surface area contributed by atoms with Crippen LogP contribution < -0.4 is 0 Å². The van der Waals surface area contributed by atoms with E-state index in [0.29, 0.717) is 0 Å². The Morgan fingerprint density at radius 3 is 2.92 bits per heavy atom. The zero-order valence-electron chi connectivity index (χ0n) is 7.64. The molecule has 0 atom stereocenters. The van der Waals surface area contributed by atoms with Crippen molar-refractivity contribution in [2.45, 2.75) is 19.9 Å². The van der Waals surface area contributed by atoms with Crippen LogP contribution in [-0.4, -0.2) is 20.6 Å². The highest BCUT2D eigenvalue weighted by molar-refractivity contribution is 5.84. The minimum Gasteiger partial charge on any atom is -0.478 e. The van der Waals surface area contributed by atoms with Gasteiger partial charge in [0.15, 0.2) is 0 Å². The average Bonchev–Trinajstić information content (AvgIpc) is 2.47. The van der Waals surface area contributed by atoms with Gasteiger partial charge in [-0.2, -0.15) is 0 Å². The van der Waals surface area contributed by atoms with Crippen LogP contribution in [0.5, 0.6) is 0 Å². The van der Waals surface area contributed by atoms with Gasteiger partial charge in [-0.1, -0.05) is 0 Å². The van der Waals surface area contributed by atoms with Crippen LogP contribution in [0.1, 0.15) is 25.6 Å². The van der Waals surface area contributed by atoms with Crippen molar-refractivity contribution in [3.63, 3.8) is 0 Å². The van der Waals surface area contributed by atoms with Crippen LogP contribution in [0.25, 0.3) is 6.08 Å². The molecule has 0 aliphatic carbocycles. The molecule has 13 heavy (non-hydrogen) atoms. The number of carbonyl (C=O) groups is 1. The molecule has 1 N–H and O–H groups in total. The zero-order chi connectivity index (χ0) is 9.84. The summed E-state index contributed by atoms with van der Waals surface area (Å²) in [5.41, 5.74) is 0.803. The number of carboxylic acids is 1. The Labute approximate surface area is 76.5 Å². The number of hydrogen-bond donors (Lipinski definition) is 1. The number of hydrogen-bond acceptors (Lipinski definition) is 2. The molecular formula is C9H12N2O2. The van der Waals surface area contributed by atoms with E-state index in [1.54, 1.807) is 12.5 Å². The van der Waals surface area contributed by atoms with Crippen molar-refractivity contribution in [3.8, 4) is 0 Å². The minimum absolute atomic E-state index is 0.288. The van der Waals surface area contributed by atoms with Gasteiger partial charge in [-0.3, -0.25) is 0 Å². The van der Waals surface area contributed by atoms with Crippen LogP contribution >= 0.6 is 0 Å². The fourth-order valence-electron chi connectivity index (χ4n) is 1.03. The zero-order valence-corrected chi connectivity index (χ0v) is 7.64. The third-order valence-electron chi connectivity index (χ3n) is 1.65. The second kappa shape index (κ2) is 3.89. The fraction of sp³-hybridized carbons (Fsp3) is 0.333. The van der Waals surface area contributed by atoms with Crippen LogP contribution in [0.2, 0.25) is 0 Å². The van der Waals surface area contributed by atoms with E-state index in [0.717, 1.165) is 11.8 Å². The summed E-state index contributed by atoms with van der Waals surface area (Å²) in [6.07, 6.45) is 5.97. The van der Waals surface area contributed by atoms with E-state index in [1.807, 2.05) is 18.4 Å². The Morgan fingerprint density at radius 1 is 1.69 bits per heavy atom. The topological polar surface area (TPSA) is 55.1 Å². The van der Waals surface area contributed by atoms with Gasteiger partial charge < -0.3 is 9.67 Å². The van der Waals surface area contributed by atoms with Gasteiger partial charge in [0.2, 0.25) is 0 Å². The number of imidazole rings is 1. The highest BCUT2D eigenvalue weighted by Gasteiger charge is 2.01. The van der Waals surface area contributed by atoms with Gasteiger partial charge in [0, 0.05) is 12.1 Å². The van der Waals surface area contributed by atoms with Gasteiger partial charge in [0.05, 0.1) is 18.2 Å². The molecule has 70 valence electrons. The van der Waals surface area contributed by atoms with Gasteiger partial charge in [0.1, 0.15) is 0 Å². The third-order valence-corrected chi connectivity index (χ3v) is 1.65. The summed E-state index contributed by atoms with van der Waals surface area (Å²) in [7, 11) is 0. The standard InChI is InChI=1S/C9H12N2O2/c1-7(2)11-6-10-5-8(11)3-4-9(12)13/h3-7H,1-2H3,(H,12,13). The molecule has 0 aliphatic heterocycles. The lowest BCUT2D eigenvalue weighted by Crippen LogP contribution is -2.00. The maximum Gasteiger partial charge on any atom is 0.328 e. The maximum atomic E-state index is 10.3. The van der Waals surface area contributed by atoms with Crippen molar-refractivity contribution in [2.75, 3.05) is 0 Å². The van der Waals surface area contributed by atoms with E-state index in [1.165, 1.54) is 6.08 Å². The summed E-state index contributed by atoms with van der Waals surface area (Å²) in [4.78, 5) is 14.2. The van der Waals surface area contributed by atoms with E-state index in [-0.39, 0.29) is 6.04 Å². The number of aromatic nitrogens is 2. The summed E-state index contributed by atoms with van der Waals surface area (Å²) >= 11 is 0. The van der Waals surface area contributed by atoms with Crippen molar-refractivity contribution in [1.29, 1.82) is 0 Å². The van der Waals surface area contributed by atoms with Crippen LogP contribution in [0.4, 0.5) is 0 Å². The SMILES string of the molecule is CC(C)n1cncc1C=CC(=O)O. The van der Waals surface area contributed by atoms with E-state index in [2.05, 4.69) is 4.98 Å². The minimum atomic E-state index is -0.948. The monoisotopic (exact) mass is 180 g/mol. The molecular weight excluding hydrogens is 168 g/mol. The lowest BCUT2D eigenvalue weighted by Gasteiger charge is -2.07. The predicted octanol–water partition coefficient (Wildman–Crippen LogP) is 1.56. The van der Waals surface area contributed by atoms with E-state index in [4.69, 9.17) is 5.11 Å². The van der Waals surface area contributed by atoms with Gasteiger partial charge in [0.25, 0.3) is 0 Å². The lowest BCUT2D eigenvalue weighted by molar-refractivity contribution is -0.131. The molecule has 1 heterocycles. The second-order valence-corrected chi connectivity index (χ2v) is 2.99. The molecule has 4 heteroatoms. The smallest absolute Gasteiger partial charge is 0.328 e. The third kappa shape index (κ3) is 2.43. The van der Waals surface area contributed by atoms with Crippen molar-refractivity contribution >= 4 is 12.0 Å². The molecule has 0 bridgehead atoms. The van der Waals surface area contributed by atoms with Gasteiger partial charge in [-0.15, -0.1) is 0 Å². The van der Waals surface area contributed by atoms with E-state index < -0.39 is 5.97 Å². The predicted molar refractivity (Wildman–Crippen MR) is 49.3 cm³/mol. The van der Waals surface area contributed by atoms with Gasteiger partial charge >= 0.3 is 5.97 Å². The molecule has 0 aromatic carbocycles. The summed E-state index contributed by atoms with van der Waals surface area (Å²) in [6, 6.07) is 0.288. The van der Waals surface area contributed by atoms with E-state index in [9.17, 15) is 4.79 Å². The molecule has 1 rings (SSSR count). The Bertz CT molecular complexity index is 326. The van der Waals surface area contributed by atoms with Crippen LogP contribution in [-0.2, 0) is 4.79 Å². The molecule has 0 amide bonds. The molecule has 1 aromatic heterocycles. The summed E-state index contributed by atoms with van der Waals surface area (Å²) in [5.74, 6) is -0.948. The fourth-order valence-corrected chi connectivity index (χ4v) is 1.03. The van der Waals surface area contributed by atoms with Crippen molar-refractivity contribution in [3.05, 3.63) is 24.3 Å². The molecule has 0 unspecified atom stereocenters. The highest BCUT2D eigenvalue weighted by Crippen LogP contribution is 2.09. The Hall–Kier alpha value is -1.58. The van der Waals surface area contributed by atoms with Crippen LogP contribution in [0, 0.1) is 0 Å². The van der Waals surface area contributed by atoms with E-state index >= 15 is 0 Å². The van der Waals surface area contributed by atoms with Crippen LogP contribution in [0.15, 0.2) is 18.6 Å². The molecule has 0 saturated heterocycles. The average molecular weight is 180 g/mol. The summed E-state index contributed by atoms with van der Waals surface area (Å²) < 4.78 is 1.90. The molecule has 0 spiro atoms. The quantitative estimate of drug-likeness (QED) is 0.718. The van der Waals surface area contributed by atoms with Crippen molar-refractivity contribution < 1.29 is 9.90 Å². The normalized spacial score (nSPS) is 11.3. The van der Waals surface area contributed by atoms with Gasteiger partial charge in [-0.05, 0) is 19.9 Å². The first-order valence-corrected chi connectivity index (χ1v) is 4.04. The molecule has 4 nitrogen and oxygen atoms in total. The molecule has 0 saturated carbocycles. The first-order chi connectivity index (χ1) is 6.11. The number of rotatable bonds is 3. The highest BCUT2D eigenvalue weighted by atomic mass is 16.4. The largest absolute Gasteiger partial charge is 0.478 e. The lowest BCUT2D eigenvalue weighted by atomic mass is 10.3. The Balaban J connectivity index is 2.88. The number of nitrogens with zero attached hydrogens (tertiary/aromatic N) is 2. The summed E-state index contributed by atoms with van der Waals surface area (Å²) in [6.45, 7) is 4.03. The molecule has 1 aromatic rings. The Kier molecular flexibility index (Phi) is 2.84. The second-order valence-electron chi connectivity index (χ2n) is 2.99. The van der Waals surface area contributed by atoms with Gasteiger partial charge in [-0.25, -0.2) is 9.78 Å². The molecule has 0 aliphatic rings. The molecule has 0 radical (unpaired) electrons. The molecule has 0 fully saturated rings. The Morgan fingerprint density at radius 2 is 2.38 bits per heavy atom. The van der Waals surface area contributed by atoms with Crippen molar-refractivity contribution in [2.24, 2.45) is 0 Å². The van der Waals surface area contributed by atoms with Crippen molar-refractivity contribution in [1.82, 2.24) is 9.55 Å². The summed E-state index contributed by atoms with van der Waals surface area (Å²) in [5, 5.41) is 8.43. The first-order valence-electron chi connectivity index (χ1n) is 4.04. The van der Waals surface area contributed by atoms with Crippen LogP contribution in [0.3, 0.4) is 0 Å². The number of carboxylic acid groups (broad SMARTS) is 1. The maximum absolute atomic E-state index is 10.3. The number of aliphatic carboxylic acids is 1. The first kappa shape index (κ1) is 9.51.